The molecule has 0 spiro atoms. The van der Waals surface area contributed by atoms with Crippen molar-refractivity contribution in [2.45, 2.75) is 32.7 Å². The van der Waals surface area contributed by atoms with Gasteiger partial charge in [-0.1, -0.05) is 17.7 Å². The summed E-state index contributed by atoms with van der Waals surface area (Å²) in [7, 11) is 0. The second-order valence-corrected chi connectivity index (χ2v) is 6.58. The molecule has 2 rings (SSSR count). The molecule has 1 N–H and O–H groups in total. The summed E-state index contributed by atoms with van der Waals surface area (Å²) in [5, 5.41) is 5.71. The zero-order valence-corrected chi connectivity index (χ0v) is 14.3. The Balaban J connectivity index is 1.69. The standard InChI is InChI=1S/C17H20ClNO2S/c1-12-11-14(18)7-8-15(12)21-9-3-6-17(20)19-13(2)16-5-4-10-22-16/h4-5,7-8,10-11,13H,3,6,9H2,1-2H3,(H,19,20). The highest BCUT2D eigenvalue weighted by Crippen LogP contribution is 2.22. The quantitative estimate of drug-likeness (QED) is 0.741. The number of aryl methyl sites for hydroxylation is 1. The van der Waals surface area contributed by atoms with E-state index < -0.39 is 0 Å². The van der Waals surface area contributed by atoms with Crippen LogP contribution in [0.25, 0.3) is 0 Å². The van der Waals surface area contributed by atoms with Gasteiger partial charge < -0.3 is 10.1 Å². The second kappa shape index (κ2) is 8.20. The normalized spacial score (nSPS) is 12.0. The van der Waals surface area contributed by atoms with E-state index in [1.165, 1.54) is 4.88 Å². The van der Waals surface area contributed by atoms with E-state index in [9.17, 15) is 4.79 Å². The van der Waals surface area contributed by atoms with Gasteiger partial charge in [0.25, 0.3) is 0 Å². The molecule has 0 fully saturated rings. The number of hydrogen-bond donors (Lipinski definition) is 1. The molecular formula is C17H20ClNO2S. The maximum Gasteiger partial charge on any atom is 0.220 e. The summed E-state index contributed by atoms with van der Waals surface area (Å²) >= 11 is 7.55. The summed E-state index contributed by atoms with van der Waals surface area (Å²) in [6.45, 7) is 4.47. The zero-order valence-electron chi connectivity index (χ0n) is 12.8. The number of hydrogen-bond acceptors (Lipinski definition) is 3. The fourth-order valence-corrected chi connectivity index (χ4v) is 3.07. The van der Waals surface area contributed by atoms with Crippen molar-refractivity contribution in [2.24, 2.45) is 0 Å². The topological polar surface area (TPSA) is 38.3 Å². The lowest BCUT2D eigenvalue weighted by Gasteiger charge is -2.13. The van der Waals surface area contributed by atoms with Crippen LogP contribution in [0.1, 0.15) is 36.2 Å². The van der Waals surface area contributed by atoms with Gasteiger partial charge in [0.15, 0.2) is 0 Å². The fourth-order valence-electron chi connectivity index (χ4n) is 2.11. The van der Waals surface area contributed by atoms with Crippen molar-refractivity contribution in [3.63, 3.8) is 0 Å². The van der Waals surface area contributed by atoms with Gasteiger partial charge in [-0.2, -0.15) is 0 Å². The molecule has 1 unspecified atom stereocenters. The highest BCUT2D eigenvalue weighted by atomic mass is 35.5. The first kappa shape index (κ1) is 16.8. The molecular weight excluding hydrogens is 318 g/mol. The summed E-state index contributed by atoms with van der Waals surface area (Å²) < 4.78 is 5.68. The van der Waals surface area contributed by atoms with Crippen LogP contribution in [0.4, 0.5) is 0 Å². The first-order valence-corrected chi connectivity index (χ1v) is 8.53. The van der Waals surface area contributed by atoms with Crippen molar-refractivity contribution in [1.82, 2.24) is 5.32 Å². The van der Waals surface area contributed by atoms with Crippen LogP contribution >= 0.6 is 22.9 Å². The van der Waals surface area contributed by atoms with Crippen molar-refractivity contribution in [2.75, 3.05) is 6.61 Å². The Morgan fingerprint density at radius 1 is 1.41 bits per heavy atom. The molecule has 5 heteroatoms. The molecule has 0 saturated carbocycles. The minimum atomic E-state index is 0.0531. The Morgan fingerprint density at radius 3 is 2.91 bits per heavy atom. The molecule has 1 atom stereocenters. The third kappa shape index (κ3) is 5.04. The summed E-state index contributed by atoms with van der Waals surface area (Å²) in [5.74, 6) is 0.870. The summed E-state index contributed by atoms with van der Waals surface area (Å²) in [6.07, 6.45) is 1.15. The van der Waals surface area contributed by atoms with Gasteiger partial charge in [0.1, 0.15) is 5.75 Å². The van der Waals surface area contributed by atoms with Gasteiger partial charge in [-0.05, 0) is 55.5 Å². The molecule has 1 aromatic carbocycles. The van der Waals surface area contributed by atoms with E-state index in [1.54, 1.807) is 17.4 Å². The molecule has 0 aliphatic heterocycles. The number of amides is 1. The van der Waals surface area contributed by atoms with E-state index in [4.69, 9.17) is 16.3 Å². The van der Waals surface area contributed by atoms with Crippen LogP contribution < -0.4 is 10.1 Å². The van der Waals surface area contributed by atoms with Gasteiger partial charge in [0.05, 0.1) is 12.6 Å². The lowest BCUT2D eigenvalue weighted by molar-refractivity contribution is -0.121. The molecule has 1 heterocycles. The molecule has 2 aromatic rings. The van der Waals surface area contributed by atoms with Gasteiger partial charge in [-0.15, -0.1) is 11.3 Å². The minimum Gasteiger partial charge on any atom is -0.493 e. The van der Waals surface area contributed by atoms with Crippen molar-refractivity contribution < 1.29 is 9.53 Å². The SMILES string of the molecule is Cc1cc(Cl)ccc1OCCCC(=O)NC(C)c1cccs1. The van der Waals surface area contributed by atoms with Gasteiger partial charge >= 0.3 is 0 Å². The van der Waals surface area contributed by atoms with E-state index >= 15 is 0 Å². The Morgan fingerprint density at radius 2 is 2.23 bits per heavy atom. The maximum absolute atomic E-state index is 11.9. The maximum atomic E-state index is 11.9. The molecule has 118 valence electrons. The summed E-state index contributed by atoms with van der Waals surface area (Å²) in [4.78, 5) is 13.1. The molecule has 0 aliphatic carbocycles. The lowest BCUT2D eigenvalue weighted by Crippen LogP contribution is -2.26. The molecule has 0 bridgehead atoms. The van der Waals surface area contributed by atoms with Crippen LogP contribution in [0, 0.1) is 6.92 Å². The smallest absolute Gasteiger partial charge is 0.220 e. The molecule has 0 saturated heterocycles. The van der Waals surface area contributed by atoms with Crippen LogP contribution in [0.15, 0.2) is 35.7 Å². The van der Waals surface area contributed by atoms with Gasteiger partial charge in [0, 0.05) is 16.3 Å². The van der Waals surface area contributed by atoms with E-state index in [0.29, 0.717) is 24.5 Å². The lowest BCUT2D eigenvalue weighted by atomic mass is 10.2. The predicted octanol–water partition coefficient (Wildman–Crippen LogP) is 4.75. The third-order valence-electron chi connectivity index (χ3n) is 3.29. The number of nitrogens with one attached hydrogen (secondary N) is 1. The number of rotatable bonds is 7. The Bertz CT molecular complexity index is 613. The predicted molar refractivity (Wildman–Crippen MR) is 91.8 cm³/mol. The molecule has 0 radical (unpaired) electrons. The minimum absolute atomic E-state index is 0.0531. The van der Waals surface area contributed by atoms with E-state index in [-0.39, 0.29) is 11.9 Å². The van der Waals surface area contributed by atoms with Crippen molar-refractivity contribution in [1.29, 1.82) is 0 Å². The zero-order chi connectivity index (χ0) is 15.9. The first-order valence-electron chi connectivity index (χ1n) is 7.28. The number of carbonyl (C=O) groups is 1. The number of ether oxygens (including phenoxy) is 1. The van der Waals surface area contributed by atoms with E-state index in [1.807, 2.05) is 43.5 Å². The van der Waals surface area contributed by atoms with Gasteiger partial charge in [0.2, 0.25) is 5.91 Å². The summed E-state index contributed by atoms with van der Waals surface area (Å²) in [5.41, 5.74) is 1.00. The average molecular weight is 338 g/mol. The molecule has 1 amide bonds. The Hall–Kier alpha value is -1.52. The molecule has 3 nitrogen and oxygen atoms in total. The third-order valence-corrected chi connectivity index (χ3v) is 4.58. The number of thiophene rings is 1. The monoisotopic (exact) mass is 337 g/mol. The number of halogens is 1. The van der Waals surface area contributed by atoms with Crippen LogP contribution in [-0.2, 0) is 4.79 Å². The summed E-state index contributed by atoms with van der Waals surface area (Å²) in [6, 6.07) is 9.61. The largest absolute Gasteiger partial charge is 0.493 e. The molecule has 0 aliphatic rings. The molecule has 22 heavy (non-hydrogen) atoms. The van der Waals surface area contributed by atoms with Crippen LogP contribution in [-0.4, -0.2) is 12.5 Å². The van der Waals surface area contributed by atoms with Crippen molar-refractivity contribution in [3.8, 4) is 5.75 Å². The van der Waals surface area contributed by atoms with Crippen molar-refractivity contribution >= 4 is 28.8 Å². The Labute approximate surface area is 140 Å². The first-order chi connectivity index (χ1) is 10.6. The second-order valence-electron chi connectivity index (χ2n) is 5.17. The van der Waals surface area contributed by atoms with Crippen molar-refractivity contribution in [3.05, 3.63) is 51.2 Å². The fraction of sp³-hybridized carbons (Fsp3) is 0.353. The number of benzene rings is 1. The van der Waals surface area contributed by atoms with E-state index in [0.717, 1.165) is 11.3 Å². The average Bonchev–Trinajstić information content (AvgIpc) is 2.99. The highest BCUT2D eigenvalue weighted by Gasteiger charge is 2.10. The van der Waals surface area contributed by atoms with Crippen LogP contribution in [0.5, 0.6) is 5.75 Å². The van der Waals surface area contributed by atoms with Crippen LogP contribution in [0.3, 0.4) is 0 Å². The number of carbonyl (C=O) groups excluding carboxylic acids is 1. The highest BCUT2D eigenvalue weighted by molar-refractivity contribution is 7.10. The van der Waals surface area contributed by atoms with Gasteiger partial charge in [-0.3, -0.25) is 4.79 Å². The Kier molecular flexibility index (Phi) is 6.28. The van der Waals surface area contributed by atoms with Crippen LogP contribution in [0.2, 0.25) is 5.02 Å². The van der Waals surface area contributed by atoms with E-state index in [2.05, 4.69) is 5.32 Å². The molecule has 1 aromatic heterocycles. The van der Waals surface area contributed by atoms with Gasteiger partial charge in [-0.25, -0.2) is 0 Å².